The number of carbonyl (C=O) groups is 2. The lowest BCUT2D eigenvalue weighted by Gasteiger charge is -2.70. The van der Waals surface area contributed by atoms with Crippen LogP contribution in [0.15, 0.2) is 54.9 Å². The van der Waals surface area contributed by atoms with E-state index in [4.69, 9.17) is 0 Å². The molecule has 0 radical (unpaired) electrons. The second-order valence-electron chi connectivity index (χ2n) is 7.78. The molecule has 1 aromatic carbocycles. The molecule has 2 amide bonds. The van der Waals surface area contributed by atoms with E-state index < -0.39 is 5.54 Å². The number of hydrogen-bond donors (Lipinski definition) is 1. The van der Waals surface area contributed by atoms with E-state index in [-0.39, 0.29) is 30.4 Å². The van der Waals surface area contributed by atoms with Crippen LogP contribution in [-0.4, -0.2) is 63.0 Å². The summed E-state index contributed by atoms with van der Waals surface area (Å²) in [4.78, 5) is 32.6. The van der Waals surface area contributed by atoms with Crippen molar-refractivity contribution >= 4 is 17.9 Å². The van der Waals surface area contributed by atoms with Crippen molar-refractivity contribution in [1.29, 1.82) is 0 Å². The van der Waals surface area contributed by atoms with Gasteiger partial charge in [-0.25, -0.2) is 0 Å². The van der Waals surface area contributed by atoms with Crippen LogP contribution in [0.4, 0.5) is 0 Å². The van der Waals surface area contributed by atoms with Gasteiger partial charge >= 0.3 is 0 Å². The van der Waals surface area contributed by atoms with Crippen molar-refractivity contribution in [1.82, 2.24) is 14.8 Å². The summed E-state index contributed by atoms with van der Waals surface area (Å²) >= 11 is 0. The van der Waals surface area contributed by atoms with Crippen molar-refractivity contribution in [2.24, 2.45) is 0 Å². The maximum absolute atomic E-state index is 12.8. The Morgan fingerprint density at radius 3 is 2.38 bits per heavy atom. The van der Waals surface area contributed by atoms with E-state index in [1.165, 1.54) is 6.92 Å². The lowest BCUT2D eigenvalue weighted by molar-refractivity contribution is -0.191. The molecule has 0 aliphatic carbocycles. The van der Waals surface area contributed by atoms with Gasteiger partial charge in [-0.2, -0.15) is 0 Å². The second-order valence-corrected chi connectivity index (χ2v) is 7.78. The highest BCUT2D eigenvalue weighted by molar-refractivity contribution is 5.95. The van der Waals surface area contributed by atoms with Crippen molar-refractivity contribution in [3.8, 4) is 0 Å². The minimum absolute atomic E-state index is 0.00227. The van der Waals surface area contributed by atoms with Gasteiger partial charge in [0, 0.05) is 43.9 Å². The summed E-state index contributed by atoms with van der Waals surface area (Å²) in [6.45, 7) is 4.34. The summed E-state index contributed by atoms with van der Waals surface area (Å²) in [7, 11) is 0. The maximum Gasteiger partial charge on any atom is 0.254 e. The van der Waals surface area contributed by atoms with Crippen molar-refractivity contribution in [2.45, 2.75) is 31.3 Å². The number of hydrogen-bond acceptors (Lipinski definition) is 4. The monoisotopic (exact) mass is 391 g/mol. The van der Waals surface area contributed by atoms with Crippen LogP contribution in [0.2, 0.25) is 0 Å². The second kappa shape index (κ2) is 7.44. The first-order valence-corrected chi connectivity index (χ1v) is 9.84. The Morgan fingerprint density at radius 1 is 1.17 bits per heavy atom. The number of allylic oxidation sites excluding steroid dienone is 1. The summed E-state index contributed by atoms with van der Waals surface area (Å²) in [6, 6.07) is 11.4. The lowest BCUT2D eigenvalue weighted by Crippen LogP contribution is -2.85. The van der Waals surface area contributed by atoms with Crippen molar-refractivity contribution in [2.75, 3.05) is 19.7 Å². The highest BCUT2D eigenvalue weighted by atomic mass is 16.3. The molecule has 0 saturated carbocycles. The van der Waals surface area contributed by atoms with Gasteiger partial charge in [0.25, 0.3) is 5.91 Å². The zero-order chi connectivity index (χ0) is 20.6. The molecule has 2 atom stereocenters. The Balaban J connectivity index is 1.61. The van der Waals surface area contributed by atoms with E-state index in [1.54, 1.807) is 34.3 Å². The molecule has 0 unspecified atom stereocenters. The first-order chi connectivity index (χ1) is 14.0. The van der Waals surface area contributed by atoms with Crippen LogP contribution in [0.5, 0.6) is 0 Å². The molecule has 29 heavy (non-hydrogen) atoms. The third-order valence-electron chi connectivity index (χ3n) is 6.10. The molecule has 4 rings (SSSR count). The number of benzene rings is 1. The quantitative estimate of drug-likeness (QED) is 0.868. The summed E-state index contributed by atoms with van der Waals surface area (Å²) in [5.74, 6) is -0.129. The third kappa shape index (κ3) is 3.04. The molecule has 3 heterocycles. The first-order valence-electron chi connectivity index (χ1n) is 9.84. The molecule has 150 valence electrons. The maximum atomic E-state index is 12.8. The highest BCUT2D eigenvalue weighted by Crippen LogP contribution is 2.54. The number of likely N-dealkylation sites (tertiary alicyclic amines) is 2. The van der Waals surface area contributed by atoms with Gasteiger partial charge in [-0.05, 0) is 30.2 Å². The van der Waals surface area contributed by atoms with E-state index in [0.717, 1.165) is 11.1 Å². The van der Waals surface area contributed by atoms with Gasteiger partial charge in [0.2, 0.25) is 5.91 Å². The SMILES string of the molecule is C/C=C/c1ccc([C@@H]2[C@H](CO)N(C(C)=O)C23CN(C(=O)c2ccncc2)C3)cc1. The van der Waals surface area contributed by atoms with Gasteiger partial charge in [0.05, 0.1) is 18.2 Å². The van der Waals surface area contributed by atoms with Crippen molar-refractivity contribution < 1.29 is 14.7 Å². The topological polar surface area (TPSA) is 73.7 Å². The van der Waals surface area contributed by atoms with E-state index in [2.05, 4.69) is 17.1 Å². The molecule has 2 aromatic rings. The van der Waals surface area contributed by atoms with E-state index >= 15 is 0 Å². The summed E-state index contributed by atoms with van der Waals surface area (Å²) < 4.78 is 0. The fourth-order valence-electron chi connectivity index (χ4n) is 4.96. The molecular formula is C23H25N3O3. The molecular weight excluding hydrogens is 366 g/mol. The number of aliphatic hydroxyl groups excluding tert-OH is 1. The van der Waals surface area contributed by atoms with Crippen LogP contribution in [0, 0.1) is 0 Å². The van der Waals surface area contributed by atoms with Gasteiger partial charge in [-0.1, -0.05) is 36.4 Å². The number of pyridine rings is 1. The van der Waals surface area contributed by atoms with Crippen molar-refractivity contribution in [3.05, 3.63) is 71.6 Å². The number of carbonyl (C=O) groups excluding carboxylic acids is 2. The van der Waals surface area contributed by atoms with E-state index in [1.807, 2.05) is 31.2 Å². The van der Waals surface area contributed by atoms with E-state index in [0.29, 0.717) is 18.7 Å². The first kappa shape index (κ1) is 19.3. The summed E-state index contributed by atoms with van der Waals surface area (Å²) in [5, 5.41) is 9.99. The number of aromatic nitrogens is 1. The van der Waals surface area contributed by atoms with Crippen LogP contribution in [-0.2, 0) is 4.79 Å². The number of amides is 2. The van der Waals surface area contributed by atoms with Gasteiger partial charge in [-0.15, -0.1) is 0 Å². The Bertz CT molecular complexity index is 934. The smallest absolute Gasteiger partial charge is 0.254 e. The number of nitrogens with zero attached hydrogens (tertiary/aromatic N) is 3. The van der Waals surface area contributed by atoms with Crippen molar-refractivity contribution in [3.63, 3.8) is 0 Å². The zero-order valence-corrected chi connectivity index (χ0v) is 16.7. The largest absolute Gasteiger partial charge is 0.394 e. The zero-order valence-electron chi connectivity index (χ0n) is 16.7. The molecule has 1 spiro atoms. The fourth-order valence-corrected chi connectivity index (χ4v) is 4.96. The molecule has 2 aliphatic rings. The molecule has 1 N–H and O–H groups in total. The average Bonchev–Trinajstić information content (AvgIpc) is 2.68. The summed E-state index contributed by atoms with van der Waals surface area (Å²) in [6.07, 6.45) is 7.22. The van der Waals surface area contributed by atoms with Crippen LogP contribution < -0.4 is 0 Å². The molecule has 6 nitrogen and oxygen atoms in total. The third-order valence-corrected chi connectivity index (χ3v) is 6.10. The average molecular weight is 391 g/mol. The minimum atomic E-state index is -0.454. The molecule has 2 saturated heterocycles. The number of aliphatic hydroxyl groups is 1. The molecule has 2 aliphatic heterocycles. The molecule has 1 aromatic heterocycles. The van der Waals surface area contributed by atoms with Gasteiger partial charge in [0.1, 0.15) is 0 Å². The minimum Gasteiger partial charge on any atom is -0.394 e. The summed E-state index contributed by atoms with van der Waals surface area (Å²) in [5.41, 5.74) is 2.33. The van der Waals surface area contributed by atoms with Gasteiger partial charge < -0.3 is 14.9 Å². The molecule has 2 fully saturated rings. The van der Waals surface area contributed by atoms with Crippen LogP contribution in [0.3, 0.4) is 0 Å². The number of rotatable bonds is 4. The Morgan fingerprint density at radius 2 is 1.83 bits per heavy atom. The Labute approximate surface area is 170 Å². The standard InChI is InChI=1S/C23H25N3O3/c1-3-4-17-5-7-18(8-6-17)21-20(13-27)26(16(2)28)23(21)14-25(15-23)22(29)19-9-11-24-12-10-19/h3-12,20-21,27H,13-15H2,1-2H3/b4-3+/t20-,21+/m0/s1. The predicted octanol–water partition coefficient (Wildman–Crippen LogP) is 2.32. The van der Waals surface area contributed by atoms with Crippen LogP contribution in [0.25, 0.3) is 6.08 Å². The lowest BCUT2D eigenvalue weighted by atomic mass is 9.60. The Kier molecular flexibility index (Phi) is 4.96. The molecule has 0 bridgehead atoms. The van der Waals surface area contributed by atoms with Crippen LogP contribution >= 0.6 is 0 Å². The van der Waals surface area contributed by atoms with Gasteiger partial charge in [0.15, 0.2) is 0 Å². The highest BCUT2D eigenvalue weighted by Gasteiger charge is 2.67. The van der Waals surface area contributed by atoms with Crippen LogP contribution in [0.1, 0.15) is 41.3 Å². The fraction of sp³-hybridized carbons (Fsp3) is 0.348. The van der Waals surface area contributed by atoms with E-state index in [9.17, 15) is 14.7 Å². The van der Waals surface area contributed by atoms with Gasteiger partial charge in [-0.3, -0.25) is 14.6 Å². The predicted molar refractivity (Wildman–Crippen MR) is 110 cm³/mol. The normalized spacial score (nSPS) is 22.4. The molecule has 6 heteroatoms. The Hall–Kier alpha value is -2.99.